The Labute approximate surface area is 449 Å². The van der Waals surface area contributed by atoms with Gasteiger partial charge in [0, 0.05) is 13.0 Å². The molecule has 1 aliphatic heterocycles. The Hall–Kier alpha value is -3.24. The van der Waals surface area contributed by atoms with Crippen LogP contribution in [0.5, 0.6) is 0 Å². The lowest BCUT2D eigenvalue weighted by molar-refractivity contribution is -0.301. The maximum absolute atomic E-state index is 13.0. The standard InChI is InChI=1S/C61H102O12S/c1-3-5-7-9-11-13-15-17-19-21-23-25-26-27-28-29-31-33-35-37-39-41-43-45-47-49-51-69-53-55(54-70-61-59(65)60(73-74(66,67)68)58(64)56(52-62)72-61)71-57(63)50-48-46-44-42-40-38-36-34-32-30-24-22-20-18-16-14-12-10-8-6-4-2/h5-8,11-14,17-20,23-25,27-28,30,55-56,58-62,64-65H,3-4,9-10,15-16,21-22,26,29,31-54H2,1-2H3,(H,66,67,68)/b7-5-,8-6-,13-11-,14-12-,19-17-,20-18-,25-23-,28-27-,30-24-. The third-order valence-electron chi connectivity index (χ3n) is 12.4. The molecule has 1 fully saturated rings. The third-order valence-corrected chi connectivity index (χ3v) is 12.9. The molecule has 1 aliphatic rings. The van der Waals surface area contributed by atoms with Crippen molar-refractivity contribution in [3.8, 4) is 0 Å². The van der Waals surface area contributed by atoms with Gasteiger partial charge < -0.3 is 34.3 Å². The van der Waals surface area contributed by atoms with Crippen LogP contribution in [0.3, 0.4) is 0 Å². The SMILES string of the molecule is CC/C=C\C/C=C\C/C=C\C/C=C\C/C=C\CCCCCCCCCCCCOCC(COC1OC(CO)C(O)C(OS(=O)(=O)O)C1O)OC(=O)CCCCCCCCCC/C=C\C/C=C\C/C=C\C/C=C\CC. The zero-order valence-electron chi connectivity index (χ0n) is 45.9. The van der Waals surface area contributed by atoms with Crippen LogP contribution in [0.2, 0.25) is 0 Å². The molecule has 6 atom stereocenters. The van der Waals surface area contributed by atoms with Gasteiger partial charge >= 0.3 is 16.4 Å². The number of aliphatic hydroxyl groups is 3. The topological polar surface area (TPSA) is 178 Å². The lowest BCUT2D eigenvalue weighted by Gasteiger charge is -2.41. The number of aliphatic hydroxyl groups excluding tert-OH is 3. The second-order valence-corrected chi connectivity index (χ2v) is 20.2. The van der Waals surface area contributed by atoms with Crippen molar-refractivity contribution in [2.45, 2.75) is 243 Å². The first-order valence-corrected chi connectivity index (χ1v) is 30.0. The van der Waals surface area contributed by atoms with Crippen LogP contribution in [0.4, 0.5) is 0 Å². The first kappa shape index (κ1) is 68.8. The number of carbonyl (C=O) groups is 1. The highest BCUT2D eigenvalue weighted by Gasteiger charge is 2.48. The molecule has 0 spiro atoms. The van der Waals surface area contributed by atoms with Gasteiger partial charge in [-0.25, -0.2) is 4.18 Å². The van der Waals surface area contributed by atoms with E-state index in [0.717, 1.165) is 109 Å². The van der Waals surface area contributed by atoms with Crippen LogP contribution in [-0.2, 0) is 38.3 Å². The van der Waals surface area contributed by atoms with Crippen molar-refractivity contribution in [2.24, 2.45) is 0 Å². The highest BCUT2D eigenvalue weighted by Crippen LogP contribution is 2.26. The van der Waals surface area contributed by atoms with Crippen LogP contribution in [0.25, 0.3) is 0 Å². The van der Waals surface area contributed by atoms with Crippen molar-refractivity contribution >= 4 is 16.4 Å². The number of hydrogen-bond donors (Lipinski definition) is 4. The number of carbonyl (C=O) groups excluding carboxylic acids is 1. The van der Waals surface area contributed by atoms with E-state index in [1.165, 1.54) is 70.6 Å². The normalized spacial score (nSPS) is 19.6. The summed E-state index contributed by atoms with van der Waals surface area (Å²) in [6.07, 6.45) is 62.6. The fraction of sp³-hybridized carbons (Fsp3) is 0.689. The molecule has 0 aromatic rings. The van der Waals surface area contributed by atoms with Gasteiger partial charge in [-0.2, -0.15) is 8.42 Å². The van der Waals surface area contributed by atoms with Gasteiger partial charge in [-0.05, 0) is 96.3 Å². The summed E-state index contributed by atoms with van der Waals surface area (Å²) in [5, 5.41) is 30.9. The number of hydrogen-bond acceptors (Lipinski definition) is 11. The summed E-state index contributed by atoms with van der Waals surface area (Å²) < 4.78 is 59.4. The van der Waals surface area contributed by atoms with Crippen LogP contribution in [-0.4, -0.2) is 97.5 Å². The van der Waals surface area contributed by atoms with Crippen LogP contribution >= 0.6 is 0 Å². The van der Waals surface area contributed by atoms with E-state index in [9.17, 15) is 33.1 Å². The third kappa shape index (κ3) is 42.9. The highest BCUT2D eigenvalue weighted by molar-refractivity contribution is 7.80. The van der Waals surface area contributed by atoms with Gasteiger partial charge in [-0.1, -0.05) is 213 Å². The summed E-state index contributed by atoms with van der Waals surface area (Å²) in [7, 11) is -5.08. The van der Waals surface area contributed by atoms with Crippen molar-refractivity contribution in [3.63, 3.8) is 0 Å². The molecule has 4 N–H and O–H groups in total. The molecule has 6 unspecified atom stereocenters. The Morgan fingerprint density at radius 2 is 0.892 bits per heavy atom. The fourth-order valence-electron chi connectivity index (χ4n) is 8.16. The zero-order chi connectivity index (χ0) is 53.8. The molecular weight excluding hydrogens is 957 g/mol. The minimum absolute atomic E-state index is 0.0227. The maximum atomic E-state index is 13.0. The molecule has 0 aliphatic carbocycles. The molecule has 0 aromatic heterocycles. The number of unbranched alkanes of at least 4 members (excludes halogenated alkanes) is 18. The van der Waals surface area contributed by atoms with Gasteiger partial charge in [0.05, 0.1) is 19.8 Å². The summed E-state index contributed by atoms with van der Waals surface area (Å²) >= 11 is 0. The molecule has 0 radical (unpaired) electrons. The Morgan fingerprint density at radius 1 is 0.514 bits per heavy atom. The van der Waals surface area contributed by atoms with Crippen LogP contribution in [0.1, 0.15) is 206 Å². The van der Waals surface area contributed by atoms with Gasteiger partial charge in [-0.15, -0.1) is 0 Å². The van der Waals surface area contributed by atoms with Gasteiger partial charge in [0.15, 0.2) is 6.29 Å². The van der Waals surface area contributed by atoms with E-state index in [-0.39, 0.29) is 19.6 Å². The van der Waals surface area contributed by atoms with Gasteiger partial charge in [0.2, 0.25) is 0 Å². The van der Waals surface area contributed by atoms with E-state index in [0.29, 0.717) is 13.0 Å². The number of ether oxygens (including phenoxy) is 4. The van der Waals surface area contributed by atoms with E-state index in [4.69, 9.17) is 18.9 Å². The van der Waals surface area contributed by atoms with Crippen molar-refractivity contribution in [3.05, 3.63) is 109 Å². The van der Waals surface area contributed by atoms with Crippen LogP contribution in [0, 0.1) is 0 Å². The van der Waals surface area contributed by atoms with E-state index < -0.39 is 59.8 Å². The average molecular weight is 1060 g/mol. The van der Waals surface area contributed by atoms with Crippen LogP contribution < -0.4 is 0 Å². The molecule has 424 valence electrons. The predicted molar refractivity (Wildman–Crippen MR) is 303 cm³/mol. The quantitative estimate of drug-likeness (QED) is 0.0196. The van der Waals surface area contributed by atoms with Crippen molar-refractivity contribution < 1.29 is 56.2 Å². The Bertz CT molecular complexity index is 1700. The summed E-state index contributed by atoms with van der Waals surface area (Å²) in [6.45, 7) is 3.75. The average Bonchev–Trinajstić information content (AvgIpc) is 3.38. The van der Waals surface area contributed by atoms with E-state index >= 15 is 0 Å². The zero-order valence-corrected chi connectivity index (χ0v) is 46.7. The van der Waals surface area contributed by atoms with Gasteiger partial charge in [0.1, 0.15) is 30.5 Å². The molecule has 13 heteroatoms. The van der Waals surface area contributed by atoms with Gasteiger partial charge in [-0.3, -0.25) is 9.35 Å². The van der Waals surface area contributed by atoms with E-state index in [2.05, 4.69) is 127 Å². The Kier molecular flexibility index (Phi) is 47.0. The molecule has 0 bridgehead atoms. The van der Waals surface area contributed by atoms with Crippen molar-refractivity contribution in [1.82, 2.24) is 0 Å². The monoisotopic (exact) mass is 1060 g/mol. The Morgan fingerprint density at radius 3 is 1.30 bits per heavy atom. The molecular formula is C61H102O12S. The molecule has 74 heavy (non-hydrogen) atoms. The first-order chi connectivity index (χ1) is 36.1. The smallest absolute Gasteiger partial charge is 0.397 e. The highest BCUT2D eigenvalue weighted by atomic mass is 32.3. The van der Waals surface area contributed by atoms with Crippen LogP contribution in [0.15, 0.2) is 109 Å². The second kappa shape index (κ2) is 50.6. The molecule has 0 saturated carbocycles. The summed E-state index contributed by atoms with van der Waals surface area (Å²) in [4.78, 5) is 13.0. The van der Waals surface area contributed by atoms with Gasteiger partial charge in [0.25, 0.3) is 0 Å². The van der Waals surface area contributed by atoms with E-state index in [1.807, 2.05) is 0 Å². The van der Waals surface area contributed by atoms with Crippen molar-refractivity contribution in [1.29, 1.82) is 0 Å². The minimum Gasteiger partial charge on any atom is -0.457 e. The summed E-state index contributed by atoms with van der Waals surface area (Å²) in [6, 6.07) is 0. The molecule has 12 nitrogen and oxygen atoms in total. The van der Waals surface area contributed by atoms with Crippen molar-refractivity contribution in [2.75, 3.05) is 26.4 Å². The molecule has 0 aromatic carbocycles. The minimum atomic E-state index is -5.08. The fourth-order valence-corrected chi connectivity index (χ4v) is 8.67. The first-order valence-electron chi connectivity index (χ1n) is 28.6. The molecule has 0 amide bonds. The second-order valence-electron chi connectivity index (χ2n) is 19.1. The maximum Gasteiger partial charge on any atom is 0.397 e. The number of allylic oxidation sites excluding steroid dienone is 18. The predicted octanol–water partition coefficient (Wildman–Crippen LogP) is 14.3. The summed E-state index contributed by atoms with van der Waals surface area (Å²) in [5.74, 6) is -0.412. The Balaban J connectivity index is 2.32. The molecule has 1 rings (SSSR count). The number of rotatable bonds is 49. The number of esters is 1. The summed E-state index contributed by atoms with van der Waals surface area (Å²) in [5.41, 5.74) is 0. The largest absolute Gasteiger partial charge is 0.457 e. The lowest BCUT2D eigenvalue weighted by Crippen LogP contribution is -2.60. The molecule has 1 saturated heterocycles. The molecule has 1 heterocycles. The lowest BCUT2D eigenvalue weighted by atomic mass is 9.99. The van der Waals surface area contributed by atoms with E-state index in [1.54, 1.807) is 0 Å².